The molecule has 0 amide bonds. The smallest absolute Gasteiger partial charge is 0.490 e. The second-order valence-corrected chi connectivity index (χ2v) is 7.22. The molecule has 9 heteroatoms. The van der Waals surface area contributed by atoms with Crippen molar-refractivity contribution in [3.63, 3.8) is 0 Å². The summed E-state index contributed by atoms with van der Waals surface area (Å²) in [6.07, 6.45) is 0.995. The number of carbonyl (C=O) groups excluding carboxylic acids is 1. The zero-order valence-corrected chi connectivity index (χ0v) is 14.1. The number of fused-ring (bicyclic) bond motifs is 1. The maximum atomic E-state index is 12.5. The van der Waals surface area contributed by atoms with Crippen molar-refractivity contribution in [3.8, 4) is 5.75 Å². The number of halogens is 3. The third-order valence-electron chi connectivity index (χ3n) is 5.28. The van der Waals surface area contributed by atoms with Gasteiger partial charge in [0.1, 0.15) is 18.0 Å². The fourth-order valence-electron chi connectivity index (χ4n) is 3.79. The molecule has 1 aromatic heterocycles. The highest BCUT2D eigenvalue weighted by molar-refractivity contribution is 5.76. The summed E-state index contributed by atoms with van der Waals surface area (Å²) in [5, 5.41) is 3.35. The zero-order valence-electron chi connectivity index (χ0n) is 14.1. The summed E-state index contributed by atoms with van der Waals surface area (Å²) in [5.74, 6) is -1.56. The number of hydrogen-bond donors (Lipinski definition) is 1. The number of aromatic nitrogens is 1. The van der Waals surface area contributed by atoms with E-state index >= 15 is 0 Å². The number of alkyl halides is 3. The van der Waals surface area contributed by atoms with Crippen LogP contribution in [0.3, 0.4) is 0 Å². The van der Waals surface area contributed by atoms with Gasteiger partial charge in [0.25, 0.3) is 0 Å². The number of nitrogens with one attached hydrogen (secondary N) is 1. The Bertz CT molecular complexity index is 693. The highest BCUT2D eigenvalue weighted by Gasteiger charge is 2.65. The molecule has 0 radical (unpaired) electrons. The van der Waals surface area contributed by atoms with Crippen molar-refractivity contribution in [3.05, 3.63) is 18.5 Å². The molecule has 26 heavy (non-hydrogen) atoms. The van der Waals surface area contributed by atoms with Crippen molar-refractivity contribution in [2.24, 2.45) is 5.92 Å². The Hall–Kier alpha value is -2.03. The van der Waals surface area contributed by atoms with E-state index < -0.39 is 17.7 Å². The van der Waals surface area contributed by atoms with Gasteiger partial charge < -0.3 is 19.7 Å². The average Bonchev–Trinajstić information content (AvgIpc) is 2.97. The molecule has 4 rings (SSSR count). The molecule has 3 atom stereocenters. The van der Waals surface area contributed by atoms with Crippen molar-refractivity contribution in [2.45, 2.75) is 37.1 Å². The van der Waals surface area contributed by atoms with Gasteiger partial charge in [0, 0.05) is 24.6 Å². The summed E-state index contributed by atoms with van der Waals surface area (Å²) in [7, 11) is 0. The first-order valence-electron chi connectivity index (χ1n) is 8.72. The van der Waals surface area contributed by atoms with E-state index in [2.05, 4.69) is 10.3 Å². The monoisotopic (exact) mass is 371 g/mol. The van der Waals surface area contributed by atoms with Crippen molar-refractivity contribution < 1.29 is 27.4 Å². The van der Waals surface area contributed by atoms with Crippen LogP contribution < -0.4 is 15.0 Å². The van der Waals surface area contributed by atoms with Crippen LogP contribution in [0.5, 0.6) is 5.75 Å². The first kappa shape index (κ1) is 17.4. The summed E-state index contributed by atoms with van der Waals surface area (Å²) < 4.78 is 47.9. The number of pyridine rings is 1. The predicted molar refractivity (Wildman–Crippen MR) is 86.0 cm³/mol. The lowest BCUT2D eigenvalue weighted by atomic mass is 10.2. The number of hydrogen-bond acceptors (Lipinski definition) is 6. The van der Waals surface area contributed by atoms with Crippen molar-refractivity contribution in [1.29, 1.82) is 0 Å². The molecule has 0 aromatic carbocycles. The van der Waals surface area contributed by atoms with Gasteiger partial charge in [-0.1, -0.05) is 0 Å². The van der Waals surface area contributed by atoms with E-state index in [-0.39, 0.29) is 12.5 Å². The van der Waals surface area contributed by atoms with Gasteiger partial charge in [0.15, 0.2) is 0 Å². The minimum atomic E-state index is -4.96. The molecule has 1 N–H and O–H groups in total. The summed E-state index contributed by atoms with van der Waals surface area (Å²) in [6.45, 7) is 2.34. The van der Waals surface area contributed by atoms with Crippen molar-refractivity contribution in [1.82, 2.24) is 10.3 Å². The quantitative estimate of drug-likeness (QED) is 0.798. The van der Waals surface area contributed by atoms with Gasteiger partial charge in [-0.25, -0.2) is 4.79 Å². The van der Waals surface area contributed by atoms with Crippen LogP contribution in [-0.4, -0.2) is 55.0 Å². The van der Waals surface area contributed by atoms with E-state index in [0.29, 0.717) is 31.4 Å². The molecule has 142 valence electrons. The van der Waals surface area contributed by atoms with E-state index in [9.17, 15) is 18.0 Å². The molecule has 1 aliphatic carbocycles. The van der Waals surface area contributed by atoms with Crippen molar-refractivity contribution in [2.75, 3.05) is 31.1 Å². The molecule has 2 saturated heterocycles. The molecule has 3 fully saturated rings. The Morgan fingerprint density at radius 1 is 1.42 bits per heavy atom. The summed E-state index contributed by atoms with van der Waals surface area (Å²) in [6, 6.07) is 2.16. The number of nitrogens with zero attached hydrogens (tertiary/aromatic N) is 2. The maximum Gasteiger partial charge on any atom is 0.490 e. The molecular formula is C17H20F3N3O3. The van der Waals surface area contributed by atoms with Gasteiger partial charge in [0.05, 0.1) is 24.6 Å². The number of esters is 1. The summed E-state index contributed by atoms with van der Waals surface area (Å²) in [5.41, 5.74) is -0.256. The molecule has 3 heterocycles. The van der Waals surface area contributed by atoms with Crippen LogP contribution in [0.2, 0.25) is 0 Å². The molecule has 0 bridgehead atoms. The van der Waals surface area contributed by atoms with E-state index in [0.717, 1.165) is 25.1 Å². The van der Waals surface area contributed by atoms with E-state index in [1.165, 1.54) is 0 Å². The van der Waals surface area contributed by atoms with Gasteiger partial charge in [0.2, 0.25) is 0 Å². The highest BCUT2D eigenvalue weighted by Crippen LogP contribution is 2.54. The number of rotatable bonds is 5. The second kappa shape index (κ2) is 6.29. The molecule has 6 nitrogen and oxygen atoms in total. The van der Waals surface area contributed by atoms with Crippen LogP contribution >= 0.6 is 0 Å². The topological polar surface area (TPSA) is 63.7 Å². The Morgan fingerprint density at radius 2 is 2.27 bits per heavy atom. The fraction of sp³-hybridized carbons (Fsp3) is 0.647. The average molecular weight is 371 g/mol. The standard InChI is InChI=1S/C17H20F3N3O3/c18-17(19,20)15(24)26-16-5-11(16)8-23(10-16)13-4-14(7-21-6-13)25-9-12-2-1-3-22-12/h4,6-7,11-12,22H,1-3,5,8-10H2/t11?,12-,16?/m0/s1. The van der Waals surface area contributed by atoms with Gasteiger partial charge in [-0.2, -0.15) is 13.2 Å². The maximum absolute atomic E-state index is 12.5. The first-order chi connectivity index (χ1) is 12.4. The Balaban J connectivity index is 1.37. The lowest BCUT2D eigenvalue weighted by Gasteiger charge is -2.23. The van der Waals surface area contributed by atoms with Gasteiger partial charge in [-0.05, 0) is 25.8 Å². The van der Waals surface area contributed by atoms with Crippen LogP contribution in [0.1, 0.15) is 19.3 Å². The van der Waals surface area contributed by atoms with Crippen molar-refractivity contribution >= 4 is 11.7 Å². The summed E-state index contributed by atoms with van der Waals surface area (Å²) >= 11 is 0. The van der Waals surface area contributed by atoms with E-state index in [1.807, 2.05) is 11.0 Å². The van der Waals surface area contributed by atoms with E-state index in [1.54, 1.807) is 12.4 Å². The second-order valence-electron chi connectivity index (χ2n) is 7.22. The minimum Gasteiger partial charge on any atom is -0.490 e. The number of anilines is 1. The zero-order chi connectivity index (χ0) is 18.4. The van der Waals surface area contributed by atoms with Crippen LogP contribution in [0.15, 0.2) is 18.5 Å². The summed E-state index contributed by atoms with van der Waals surface area (Å²) in [4.78, 5) is 17.2. The number of piperidine rings is 1. The fourth-order valence-corrected chi connectivity index (χ4v) is 3.79. The first-order valence-corrected chi connectivity index (χ1v) is 8.72. The molecular weight excluding hydrogens is 351 g/mol. The number of ether oxygens (including phenoxy) is 2. The van der Waals surface area contributed by atoms with Crippen LogP contribution in [-0.2, 0) is 9.53 Å². The third kappa shape index (κ3) is 3.44. The highest BCUT2D eigenvalue weighted by atomic mass is 19.4. The molecule has 2 aliphatic heterocycles. The Labute approximate surface area is 148 Å². The van der Waals surface area contributed by atoms with Crippen LogP contribution in [0, 0.1) is 5.92 Å². The van der Waals surface area contributed by atoms with Gasteiger partial charge >= 0.3 is 12.1 Å². The molecule has 0 spiro atoms. The Kier molecular flexibility index (Phi) is 4.21. The predicted octanol–water partition coefficient (Wildman–Crippen LogP) is 1.90. The molecule has 1 aromatic rings. The van der Waals surface area contributed by atoms with Gasteiger partial charge in [-0.15, -0.1) is 0 Å². The SMILES string of the molecule is O=C(OC12CC1CN(c1cncc(OC[C@@H]3CCCN3)c1)C2)C(F)(F)F. The normalized spacial score (nSPS) is 30.2. The molecule has 3 aliphatic rings. The Morgan fingerprint density at radius 3 is 3.00 bits per heavy atom. The molecule has 1 saturated carbocycles. The lowest BCUT2D eigenvalue weighted by Crippen LogP contribution is -2.35. The van der Waals surface area contributed by atoms with E-state index in [4.69, 9.17) is 9.47 Å². The van der Waals surface area contributed by atoms with Crippen LogP contribution in [0.4, 0.5) is 18.9 Å². The largest absolute Gasteiger partial charge is 0.490 e. The minimum absolute atomic E-state index is 0.0685. The van der Waals surface area contributed by atoms with Crippen LogP contribution in [0.25, 0.3) is 0 Å². The molecule has 2 unspecified atom stereocenters. The number of carbonyl (C=O) groups is 1. The third-order valence-corrected chi connectivity index (χ3v) is 5.28. The lowest BCUT2D eigenvalue weighted by molar-refractivity contribution is -0.206. The van der Waals surface area contributed by atoms with Gasteiger partial charge in [-0.3, -0.25) is 4.98 Å².